The molecule has 42 heavy (non-hydrogen) atoms. The second-order valence-electron chi connectivity index (χ2n) is 9.53. The smallest absolute Gasteiger partial charge is 0.337 e. The minimum atomic E-state index is -0.854. The SMILES string of the molecule is COC(=O)C1=C(C)NC(C)=C(C(=O)OC/C=C/c2ccc(Cn3ccnc3)cc2)C1c1ccc(OC)c(OC)c1OC. The molecule has 1 N–H and O–H groups in total. The van der Waals surface area contributed by atoms with Gasteiger partial charge in [-0.25, -0.2) is 14.6 Å². The molecule has 1 aliphatic rings. The van der Waals surface area contributed by atoms with Gasteiger partial charge in [0, 0.05) is 35.9 Å². The molecule has 0 radical (unpaired) electrons. The first-order chi connectivity index (χ1) is 20.3. The van der Waals surface area contributed by atoms with Crippen LogP contribution in [-0.4, -0.2) is 56.5 Å². The van der Waals surface area contributed by atoms with Gasteiger partial charge in [0.25, 0.3) is 0 Å². The van der Waals surface area contributed by atoms with Gasteiger partial charge < -0.3 is 33.6 Å². The molecule has 4 rings (SSSR count). The summed E-state index contributed by atoms with van der Waals surface area (Å²) >= 11 is 0. The number of ether oxygens (including phenoxy) is 5. The highest BCUT2D eigenvalue weighted by Gasteiger charge is 2.40. The van der Waals surface area contributed by atoms with Crippen LogP contribution in [0.3, 0.4) is 0 Å². The number of nitrogens with zero attached hydrogens (tertiary/aromatic N) is 2. The van der Waals surface area contributed by atoms with E-state index in [-0.39, 0.29) is 17.8 Å². The predicted octanol–water partition coefficient (Wildman–Crippen LogP) is 4.62. The normalized spacial score (nSPS) is 15.0. The van der Waals surface area contributed by atoms with Crippen LogP contribution in [0.5, 0.6) is 17.2 Å². The third-order valence-electron chi connectivity index (χ3n) is 6.96. The molecule has 1 atom stereocenters. The Hall–Kier alpha value is -4.99. The van der Waals surface area contributed by atoms with Crippen LogP contribution in [0.4, 0.5) is 0 Å². The van der Waals surface area contributed by atoms with Crippen molar-refractivity contribution in [3.8, 4) is 17.2 Å². The largest absolute Gasteiger partial charge is 0.493 e. The van der Waals surface area contributed by atoms with E-state index in [1.54, 1.807) is 44.6 Å². The quantitative estimate of drug-likeness (QED) is 0.329. The molecule has 0 saturated heterocycles. The summed E-state index contributed by atoms with van der Waals surface area (Å²) < 4.78 is 29.5. The lowest BCUT2D eigenvalue weighted by Crippen LogP contribution is -2.32. The van der Waals surface area contributed by atoms with Crippen molar-refractivity contribution < 1.29 is 33.3 Å². The summed E-state index contributed by atoms with van der Waals surface area (Å²) in [6.45, 7) is 4.27. The van der Waals surface area contributed by atoms with Gasteiger partial charge in [-0.2, -0.15) is 0 Å². The Kier molecular flexibility index (Phi) is 9.69. The van der Waals surface area contributed by atoms with Crippen molar-refractivity contribution in [2.75, 3.05) is 35.0 Å². The summed E-state index contributed by atoms with van der Waals surface area (Å²) in [7, 11) is 5.79. The molecule has 1 unspecified atom stereocenters. The number of esters is 2. The Labute approximate surface area is 245 Å². The Morgan fingerprint density at radius 1 is 0.905 bits per heavy atom. The van der Waals surface area contributed by atoms with Gasteiger partial charge in [0.15, 0.2) is 11.5 Å². The number of dihydropyridines is 1. The van der Waals surface area contributed by atoms with E-state index in [2.05, 4.69) is 10.3 Å². The molecule has 0 bridgehead atoms. The van der Waals surface area contributed by atoms with E-state index in [0.29, 0.717) is 34.2 Å². The fourth-order valence-corrected chi connectivity index (χ4v) is 5.02. The van der Waals surface area contributed by atoms with Crippen LogP contribution in [-0.2, 0) is 25.6 Å². The molecule has 2 heterocycles. The molecule has 1 aliphatic heterocycles. The van der Waals surface area contributed by atoms with Crippen molar-refractivity contribution in [3.05, 3.63) is 100 Å². The monoisotopic (exact) mass is 573 g/mol. The van der Waals surface area contributed by atoms with E-state index < -0.39 is 17.9 Å². The molecule has 0 saturated carbocycles. The fraction of sp³-hybridized carbons (Fsp3) is 0.281. The molecule has 220 valence electrons. The molecular formula is C32H35N3O7. The number of methoxy groups -OCH3 is 4. The zero-order valence-electron chi connectivity index (χ0n) is 24.6. The minimum absolute atomic E-state index is 0.0262. The molecule has 0 spiro atoms. The van der Waals surface area contributed by atoms with E-state index in [1.807, 2.05) is 41.1 Å². The number of aromatic nitrogens is 2. The van der Waals surface area contributed by atoms with Gasteiger partial charge in [-0.15, -0.1) is 0 Å². The van der Waals surface area contributed by atoms with Crippen LogP contribution in [0.15, 0.2) is 83.7 Å². The van der Waals surface area contributed by atoms with Crippen LogP contribution in [0.2, 0.25) is 0 Å². The molecule has 10 heteroatoms. The molecular weight excluding hydrogens is 538 g/mol. The summed E-state index contributed by atoms with van der Waals surface area (Å²) in [5, 5.41) is 3.14. The van der Waals surface area contributed by atoms with Crippen LogP contribution in [0.25, 0.3) is 6.08 Å². The fourth-order valence-electron chi connectivity index (χ4n) is 5.02. The number of imidazole rings is 1. The second-order valence-corrected chi connectivity index (χ2v) is 9.53. The first-order valence-corrected chi connectivity index (χ1v) is 13.3. The number of allylic oxidation sites excluding steroid dienone is 2. The van der Waals surface area contributed by atoms with E-state index in [1.165, 1.54) is 28.4 Å². The van der Waals surface area contributed by atoms with Gasteiger partial charge in [-0.1, -0.05) is 36.4 Å². The summed E-state index contributed by atoms with van der Waals surface area (Å²) in [4.78, 5) is 30.7. The van der Waals surface area contributed by atoms with Crippen LogP contribution in [0, 0.1) is 0 Å². The summed E-state index contributed by atoms with van der Waals surface area (Å²) in [6.07, 6.45) is 9.09. The van der Waals surface area contributed by atoms with Crippen molar-refractivity contribution in [2.24, 2.45) is 0 Å². The zero-order chi connectivity index (χ0) is 30.2. The molecule has 0 fully saturated rings. The number of hydrogen-bond acceptors (Lipinski definition) is 9. The maximum Gasteiger partial charge on any atom is 0.337 e. The second kappa shape index (κ2) is 13.6. The summed E-state index contributed by atoms with van der Waals surface area (Å²) in [5.74, 6) is -0.924. The molecule has 10 nitrogen and oxygen atoms in total. The van der Waals surface area contributed by atoms with Gasteiger partial charge in [0.1, 0.15) is 6.61 Å². The number of nitrogens with one attached hydrogen (secondary N) is 1. The van der Waals surface area contributed by atoms with E-state index in [4.69, 9.17) is 23.7 Å². The number of carbonyl (C=O) groups excluding carboxylic acids is 2. The Morgan fingerprint density at radius 2 is 1.60 bits per heavy atom. The first kappa shape index (κ1) is 30.0. The van der Waals surface area contributed by atoms with Gasteiger partial charge >= 0.3 is 11.9 Å². The van der Waals surface area contributed by atoms with Crippen LogP contribution < -0.4 is 19.5 Å². The highest BCUT2D eigenvalue weighted by atomic mass is 16.5. The Bertz CT molecular complexity index is 1520. The van der Waals surface area contributed by atoms with E-state index in [0.717, 1.165) is 17.7 Å². The Morgan fingerprint density at radius 3 is 2.19 bits per heavy atom. The predicted molar refractivity (Wildman–Crippen MR) is 157 cm³/mol. The third kappa shape index (κ3) is 6.33. The van der Waals surface area contributed by atoms with Crippen molar-refractivity contribution in [3.63, 3.8) is 0 Å². The number of rotatable bonds is 11. The third-order valence-corrected chi connectivity index (χ3v) is 6.96. The van der Waals surface area contributed by atoms with E-state index >= 15 is 0 Å². The Balaban J connectivity index is 1.58. The van der Waals surface area contributed by atoms with Gasteiger partial charge in [0.05, 0.1) is 51.8 Å². The average molecular weight is 574 g/mol. The first-order valence-electron chi connectivity index (χ1n) is 13.3. The van der Waals surface area contributed by atoms with E-state index in [9.17, 15) is 9.59 Å². The molecule has 1 aromatic heterocycles. The zero-order valence-corrected chi connectivity index (χ0v) is 24.6. The number of hydrogen-bond donors (Lipinski definition) is 1. The van der Waals surface area contributed by atoms with Crippen molar-refractivity contribution in [2.45, 2.75) is 26.3 Å². The van der Waals surface area contributed by atoms with Gasteiger partial charge in [0.2, 0.25) is 5.75 Å². The standard InChI is InChI=1S/C32H35N3O7/c1-20-26(31(36)41-6)28(24-13-14-25(38-3)30(40-5)29(24)39-4)27(21(2)34-20)32(37)42-17-7-8-22-9-11-23(12-10-22)18-35-16-15-33-19-35/h7-16,19,28,34H,17-18H2,1-6H3/b8-7+. The van der Waals surface area contributed by atoms with Crippen LogP contribution in [0.1, 0.15) is 36.5 Å². The molecule has 2 aromatic carbocycles. The summed E-state index contributed by atoms with van der Waals surface area (Å²) in [5.41, 5.74) is 4.24. The molecule has 3 aromatic rings. The van der Waals surface area contributed by atoms with Gasteiger partial charge in [-0.3, -0.25) is 0 Å². The maximum absolute atomic E-state index is 13.6. The lowest BCUT2D eigenvalue weighted by molar-refractivity contribution is -0.138. The maximum atomic E-state index is 13.6. The van der Waals surface area contributed by atoms with Crippen LogP contribution >= 0.6 is 0 Å². The molecule has 0 aliphatic carbocycles. The van der Waals surface area contributed by atoms with Crippen molar-refractivity contribution in [1.29, 1.82) is 0 Å². The summed E-state index contributed by atoms with van der Waals surface area (Å²) in [6, 6.07) is 11.5. The number of benzene rings is 2. The number of carbonyl (C=O) groups is 2. The lowest BCUT2D eigenvalue weighted by atomic mass is 9.79. The molecule has 0 amide bonds. The highest BCUT2D eigenvalue weighted by Crippen LogP contribution is 2.48. The van der Waals surface area contributed by atoms with Gasteiger partial charge in [-0.05, 0) is 37.1 Å². The highest BCUT2D eigenvalue weighted by molar-refractivity contribution is 6.00. The average Bonchev–Trinajstić information content (AvgIpc) is 3.51. The van der Waals surface area contributed by atoms with Crippen molar-refractivity contribution in [1.82, 2.24) is 14.9 Å². The van der Waals surface area contributed by atoms with Crippen molar-refractivity contribution >= 4 is 18.0 Å². The lowest BCUT2D eigenvalue weighted by Gasteiger charge is -2.31. The minimum Gasteiger partial charge on any atom is -0.493 e. The topological polar surface area (TPSA) is 110 Å².